The summed E-state index contributed by atoms with van der Waals surface area (Å²) in [6.45, 7) is 1.01. The standard InChI is InChI=1S/C8H7F3N3O/c9-8(10,11)5-6(14-2-1-3-14)12-4-13-7(5)15/h1-3H2,(H,12,13,15). The molecular formula is C8H7F3N3O. The SMILES string of the molecule is Oc1n[c]nc(N2CCC2)c1C(F)(F)F. The van der Waals surface area contributed by atoms with Crippen LogP contribution in [0.3, 0.4) is 0 Å². The summed E-state index contributed by atoms with van der Waals surface area (Å²) in [7, 11) is 0. The van der Waals surface area contributed by atoms with Crippen LogP contribution in [0.4, 0.5) is 19.0 Å². The van der Waals surface area contributed by atoms with Crippen LogP contribution in [0.1, 0.15) is 12.0 Å². The molecule has 1 aromatic heterocycles. The minimum Gasteiger partial charge on any atom is -0.493 e. The van der Waals surface area contributed by atoms with Crippen molar-refractivity contribution in [1.82, 2.24) is 9.97 Å². The van der Waals surface area contributed by atoms with E-state index in [9.17, 15) is 13.2 Å². The first-order chi connectivity index (χ1) is 7.00. The van der Waals surface area contributed by atoms with E-state index in [1.807, 2.05) is 6.33 Å². The van der Waals surface area contributed by atoms with Crippen molar-refractivity contribution in [3.05, 3.63) is 11.9 Å². The van der Waals surface area contributed by atoms with Crippen LogP contribution in [0, 0.1) is 6.33 Å². The molecule has 0 spiro atoms. The van der Waals surface area contributed by atoms with Crippen molar-refractivity contribution in [1.29, 1.82) is 0 Å². The Morgan fingerprint density at radius 3 is 2.40 bits per heavy atom. The Balaban J connectivity index is 2.48. The molecule has 0 aliphatic carbocycles. The number of nitrogens with zero attached hydrogens (tertiary/aromatic N) is 3. The minimum absolute atomic E-state index is 0.291. The quantitative estimate of drug-likeness (QED) is 0.769. The lowest BCUT2D eigenvalue weighted by atomic mass is 10.2. The predicted octanol–water partition coefficient (Wildman–Crippen LogP) is 1.21. The van der Waals surface area contributed by atoms with Gasteiger partial charge in [-0.3, -0.25) is 0 Å². The van der Waals surface area contributed by atoms with E-state index >= 15 is 0 Å². The number of rotatable bonds is 1. The van der Waals surface area contributed by atoms with Gasteiger partial charge in [-0.1, -0.05) is 0 Å². The molecule has 0 amide bonds. The smallest absolute Gasteiger partial charge is 0.425 e. The Kier molecular flexibility index (Phi) is 2.17. The van der Waals surface area contributed by atoms with Gasteiger partial charge in [0.15, 0.2) is 5.56 Å². The van der Waals surface area contributed by atoms with Crippen LogP contribution in [0.5, 0.6) is 5.88 Å². The number of aromatic nitrogens is 2. The van der Waals surface area contributed by atoms with E-state index in [0.29, 0.717) is 13.1 Å². The molecule has 2 rings (SSSR count). The molecule has 0 saturated carbocycles. The van der Waals surface area contributed by atoms with E-state index in [1.54, 1.807) is 0 Å². The van der Waals surface area contributed by atoms with E-state index in [4.69, 9.17) is 5.11 Å². The molecule has 1 aromatic rings. The van der Waals surface area contributed by atoms with E-state index < -0.39 is 17.6 Å². The Labute approximate surface area is 83.4 Å². The molecular weight excluding hydrogens is 211 g/mol. The normalized spacial score (nSPS) is 16.3. The van der Waals surface area contributed by atoms with Gasteiger partial charge in [0.25, 0.3) is 0 Å². The molecule has 1 fully saturated rings. The van der Waals surface area contributed by atoms with Crippen LogP contribution in [-0.2, 0) is 6.18 Å². The van der Waals surface area contributed by atoms with Gasteiger partial charge in [0.2, 0.25) is 12.2 Å². The third-order valence-corrected chi connectivity index (χ3v) is 2.20. The molecule has 1 radical (unpaired) electrons. The fraction of sp³-hybridized carbons (Fsp3) is 0.500. The van der Waals surface area contributed by atoms with E-state index in [0.717, 1.165) is 6.42 Å². The maximum Gasteiger partial charge on any atom is 0.425 e. The highest BCUT2D eigenvalue weighted by Gasteiger charge is 2.40. The zero-order chi connectivity index (χ0) is 11.1. The van der Waals surface area contributed by atoms with Gasteiger partial charge in [-0.05, 0) is 6.42 Å². The average molecular weight is 218 g/mol. The number of aromatic hydroxyl groups is 1. The third kappa shape index (κ3) is 1.69. The fourth-order valence-corrected chi connectivity index (χ4v) is 1.34. The number of hydrogen-bond acceptors (Lipinski definition) is 4. The number of alkyl halides is 3. The molecule has 4 nitrogen and oxygen atoms in total. The van der Waals surface area contributed by atoms with Crippen molar-refractivity contribution in [2.75, 3.05) is 18.0 Å². The maximum absolute atomic E-state index is 12.5. The molecule has 1 aliphatic rings. The number of halogens is 3. The second kappa shape index (κ2) is 3.25. The van der Waals surface area contributed by atoms with Gasteiger partial charge in [0.05, 0.1) is 0 Å². The number of hydrogen-bond donors (Lipinski definition) is 1. The first-order valence-electron chi connectivity index (χ1n) is 4.29. The molecule has 0 unspecified atom stereocenters. The van der Waals surface area contributed by atoms with E-state index in [1.165, 1.54) is 4.90 Å². The average Bonchev–Trinajstić information content (AvgIpc) is 1.97. The van der Waals surface area contributed by atoms with Crippen LogP contribution in [0.25, 0.3) is 0 Å². The fourth-order valence-electron chi connectivity index (χ4n) is 1.34. The highest BCUT2D eigenvalue weighted by Crippen LogP contribution is 2.40. The Hall–Kier alpha value is -1.53. The van der Waals surface area contributed by atoms with Crippen molar-refractivity contribution in [3.8, 4) is 5.88 Å². The summed E-state index contributed by atoms with van der Waals surface area (Å²) in [5.74, 6) is -1.36. The summed E-state index contributed by atoms with van der Waals surface area (Å²) >= 11 is 0. The van der Waals surface area contributed by atoms with Gasteiger partial charge < -0.3 is 10.0 Å². The maximum atomic E-state index is 12.5. The van der Waals surface area contributed by atoms with Gasteiger partial charge in [0, 0.05) is 13.1 Å². The van der Waals surface area contributed by atoms with Crippen LogP contribution in [0.2, 0.25) is 0 Å². The second-order valence-corrected chi connectivity index (χ2v) is 3.18. The summed E-state index contributed by atoms with van der Waals surface area (Å²) in [6.07, 6.45) is -1.83. The summed E-state index contributed by atoms with van der Waals surface area (Å²) in [4.78, 5) is 7.89. The molecule has 0 aromatic carbocycles. The Morgan fingerprint density at radius 1 is 1.27 bits per heavy atom. The first-order valence-corrected chi connectivity index (χ1v) is 4.29. The molecule has 1 aliphatic heterocycles. The van der Waals surface area contributed by atoms with Crippen LogP contribution in [-0.4, -0.2) is 28.2 Å². The van der Waals surface area contributed by atoms with E-state index in [-0.39, 0.29) is 5.82 Å². The Morgan fingerprint density at radius 2 is 1.93 bits per heavy atom. The molecule has 15 heavy (non-hydrogen) atoms. The van der Waals surface area contributed by atoms with Gasteiger partial charge in [0.1, 0.15) is 5.82 Å². The lowest BCUT2D eigenvalue weighted by molar-refractivity contribution is -0.138. The van der Waals surface area contributed by atoms with Crippen molar-refractivity contribution >= 4 is 5.82 Å². The summed E-state index contributed by atoms with van der Waals surface area (Å²) in [6, 6.07) is 0. The van der Waals surface area contributed by atoms with Crippen molar-refractivity contribution in [2.24, 2.45) is 0 Å². The Bertz CT molecular complexity index is 376. The topological polar surface area (TPSA) is 49.3 Å². The molecule has 7 heteroatoms. The van der Waals surface area contributed by atoms with E-state index in [2.05, 4.69) is 9.97 Å². The predicted molar refractivity (Wildman–Crippen MR) is 44.4 cm³/mol. The lowest BCUT2D eigenvalue weighted by Crippen LogP contribution is -2.39. The van der Waals surface area contributed by atoms with Gasteiger partial charge in [-0.15, -0.1) is 0 Å². The van der Waals surface area contributed by atoms with Crippen LogP contribution in [0.15, 0.2) is 0 Å². The largest absolute Gasteiger partial charge is 0.493 e. The molecule has 0 atom stereocenters. The minimum atomic E-state index is -4.65. The zero-order valence-electron chi connectivity index (χ0n) is 7.54. The first kappa shape index (κ1) is 10.0. The van der Waals surface area contributed by atoms with Crippen molar-refractivity contribution < 1.29 is 18.3 Å². The van der Waals surface area contributed by atoms with Crippen LogP contribution >= 0.6 is 0 Å². The lowest BCUT2D eigenvalue weighted by Gasteiger charge is -2.33. The number of anilines is 1. The third-order valence-electron chi connectivity index (χ3n) is 2.20. The van der Waals surface area contributed by atoms with Crippen molar-refractivity contribution in [3.63, 3.8) is 0 Å². The highest BCUT2D eigenvalue weighted by molar-refractivity contribution is 5.53. The van der Waals surface area contributed by atoms with Gasteiger partial charge >= 0.3 is 6.18 Å². The molecule has 81 valence electrons. The molecule has 2 heterocycles. The molecule has 1 saturated heterocycles. The monoisotopic (exact) mass is 218 g/mol. The van der Waals surface area contributed by atoms with Gasteiger partial charge in [-0.2, -0.15) is 18.2 Å². The summed E-state index contributed by atoms with van der Waals surface area (Å²) < 4.78 is 37.6. The van der Waals surface area contributed by atoms with Crippen LogP contribution < -0.4 is 4.90 Å². The molecule has 0 bridgehead atoms. The highest BCUT2D eigenvalue weighted by atomic mass is 19.4. The molecule has 1 N–H and O–H groups in total. The second-order valence-electron chi connectivity index (χ2n) is 3.18. The van der Waals surface area contributed by atoms with Crippen molar-refractivity contribution in [2.45, 2.75) is 12.6 Å². The zero-order valence-corrected chi connectivity index (χ0v) is 7.54. The van der Waals surface area contributed by atoms with Gasteiger partial charge in [-0.25, -0.2) is 4.98 Å². The summed E-state index contributed by atoms with van der Waals surface area (Å²) in [5.41, 5.74) is -1.18. The summed E-state index contributed by atoms with van der Waals surface area (Å²) in [5, 5.41) is 9.07.